The zero-order chi connectivity index (χ0) is 18.6. The highest BCUT2D eigenvalue weighted by molar-refractivity contribution is 5.68. The van der Waals surface area contributed by atoms with Crippen LogP contribution in [0.3, 0.4) is 0 Å². The second-order valence-corrected chi connectivity index (χ2v) is 6.28. The molecular formula is C23H21N3O. The highest BCUT2D eigenvalue weighted by Crippen LogP contribution is 2.27. The first-order valence-corrected chi connectivity index (χ1v) is 9.07. The molecular weight excluding hydrogens is 334 g/mol. The Morgan fingerprint density at radius 1 is 0.741 bits per heavy atom. The van der Waals surface area contributed by atoms with Gasteiger partial charge in [-0.2, -0.15) is 0 Å². The number of nitrogens with zero attached hydrogens (tertiary/aromatic N) is 3. The Hall–Kier alpha value is -3.40. The fourth-order valence-corrected chi connectivity index (χ4v) is 3.16. The van der Waals surface area contributed by atoms with Gasteiger partial charge in [-0.05, 0) is 49.2 Å². The highest BCUT2D eigenvalue weighted by Gasteiger charge is 2.13. The van der Waals surface area contributed by atoms with Crippen LogP contribution in [0.15, 0.2) is 78.9 Å². The largest absolute Gasteiger partial charge is 0.494 e. The molecule has 0 spiro atoms. The van der Waals surface area contributed by atoms with E-state index >= 15 is 0 Å². The van der Waals surface area contributed by atoms with Gasteiger partial charge in [-0.25, -0.2) is 0 Å². The average molecular weight is 355 g/mol. The molecule has 0 atom stereocenters. The van der Waals surface area contributed by atoms with Crippen molar-refractivity contribution in [2.75, 3.05) is 6.61 Å². The van der Waals surface area contributed by atoms with Gasteiger partial charge in [0.05, 0.1) is 6.61 Å². The van der Waals surface area contributed by atoms with E-state index in [-0.39, 0.29) is 0 Å². The quantitative estimate of drug-likeness (QED) is 0.487. The van der Waals surface area contributed by atoms with E-state index in [1.807, 2.05) is 44.2 Å². The fraction of sp³-hybridized carbons (Fsp3) is 0.130. The zero-order valence-electron chi connectivity index (χ0n) is 15.5. The van der Waals surface area contributed by atoms with E-state index in [1.54, 1.807) is 0 Å². The summed E-state index contributed by atoms with van der Waals surface area (Å²) < 4.78 is 7.60. The van der Waals surface area contributed by atoms with Gasteiger partial charge >= 0.3 is 0 Å². The third-order valence-electron chi connectivity index (χ3n) is 4.48. The molecule has 4 nitrogen and oxygen atoms in total. The van der Waals surface area contributed by atoms with Gasteiger partial charge in [-0.3, -0.25) is 4.57 Å². The van der Waals surface area contributed by atoms with Gasteiger partial charge in [0, 0.05) is 11.3 Å². The van der Waals surface area contributed by atoms with Gasteiger partial charge in [0.25, 0.3) is 0 Å². The van der Waals surface area contributed by atoms with E-state index < -0.39 is 0 Å². The van der Waals surface area contributed by atoms with Gasteiger partial charge in [-0.1, -0.05) is 54.6 Å². The molecule has 4 rings (SSSR count). The molecule has 0 aliphatic rings. The Morgan fingerprint density at radius 2 is 1.37 bits per heavy atom. The maximum absolute atomic E-state index is 5.54. The van der Waals surface area contributed by atoms with Gasteiger partial charge in [0.2, 0.25) is 0 Å². The minimum Gasteiger partial charge on any atom is -0.494 e. The van der Waals surface area contributed by atoms with Crippen molar-refractivity contribution in [1.82, 2.24) is 14.8 Å². The van der Waals surface area contributed by atoms with Crippen molar-refractivity contribution in [3.05, 3.63) is 84.7 Å². The number of benzene rings is 3. The SMILES string of the molecule is CCOc1ccc(-n2c(C)nnc2-c2ccc(-c3ccccc3)cc2)cc1. The normalized spacial score (nSPS) is 10.7. The van der Waals surface area contributed by atoms with Crippen LogP contribution in [-0.4, -0.2) is 21.4 Å². The lowest BCUT2D eigenvalue weighted by Crippen LogP contribution is -2.00. The summed E-state index contributed by atoms with van der Waals surface area (Å²) in [5.41, 5.74) is 4.43. The first-order chi connectivity index (χ1) is 13.3. The van der Waals surface area contributed by atoms with Crippen LogP contribution in [0.1, 0.15) is 12.7 Å². The third kappa shape index (κ3) is 3.47. The lowest BCUT2D eigenvalue weighted by Gasteiger charge is -2.11. The topological polar surface area (TPSA) is 39.9 Å². The van der Waals surface area contributed by atoms with Crippen molar-refractivity contribution < 1.29 is 4.74 Å². The molecule has 0 bridgehead atoms. The van der Waals surface area contributed by atoms with Crippen molar-refractivity contribution in [3.8, 4) is 34.0 Å². The van der Waals surface area contributed by atoms with Crippen LogP contribution in [0.2, 0.25) is 0 Å². The summed E-state index contributed by atoms with van der Waals surface area (Å²) in [6.07, 6.45) is 0. The van der Waals surface area contributed by atoms with E-state index in [0.29, 0.717) is 6.61 Å². The summed E-state index contributed by atoms with van der Waals surface area (Å²) in [6, 6.07) is 26.8. The number of hydrogen-bond acceptors (Lipinski definition) is 3. The van der Waals surface area contributed by atoms with Crippen molar-refractivity contribution in [2.24, 2.45) is 0 Å². The Labute approximate surface area is 159 Å². The van der Waals surface area contributed by atoms with E-state index in [4.69, 9.17) is 4.74 Å². The van der Waals surface area contributed by atoms with Crippen molar-refractivity contribution in [2.45, 2.75) is 13.8 Å². The second kappa shape index (κ2) is 7.46. The van der Waals surface area contributed by atoms with Gasteiger partial charge in [-0.15, -0.1) is 10.2 Å². The minimum atomic E-state index is 0.657. The van der Waals surface area contributed by atoms with Crippen molar-refractivity contribution in [3.63, 3.8) is 0 Å². The molecule has 1 heterocycles. The van der Waals surface area contributed by atoms with E-state index in [2.05, 4.69) is 63.3 Å². The van der Waals surface area contributed by atoms with Crippen molar-refractivity contribution >= 4 is 0 Å². The van der Waals surface area contributed by atoms with E-state index in [0.717, 1.165) is 28.6 Å². The Bertz CT molecular complexity index is 1020. The molecule has 0 aliphatic carbocycles. The summed E-state index contributed by atoms with van der Waals surface area (Å²) >= 11 is 0. The molecule has 0 saturated carbocycles. The molecule has 0 fully saturated rings. The van der Waals surface area contributed by atoms with E-state index in [9.17, 15) is 0 Å². The molecule has 0 amide bonds. The fourth-order valence-electron chi connectivity index (χ4n) is 3.16. The maximum atomic E-state index is 5.54. The molecule has 0 aliphatic heterocycles. The first kappa shape index (κ1) is 17.0. The predicted octanol–water partition coefficient (Wildman–Crippen LogP) is 5.31. The van der Waals surface area contributed by atoms with Crippen LogP contribution in [0, 0.1) is 6.92 Å². The molecule has 4 heteroatoms. The minimum absolute atomic E-state index is 0.657. The summed E-state index contributed by atoms with van der Waals surface area (Å²) in [6.45, 7) is 4.60. The molecule has 134 valence electrons. The monoisotopic (exact) mass is 355 g/mol. The van der Waals surface area contributed by atoms with Crippen molar-refractivity contribution in [1.29, 1.82) is 0 Å². The Morgan fingerprint density at radius 3 is 2.04 bits per heavy atom. The lowest BCUT2D eigenvalue weighted by molar-refractivity contribution is 0.340. The van der Waals surface area contributed by atoms with Crippen LogP contribution >= 0.6 is 0 Å². The molecule has 27 heavy (non-hydrogen) atoms. The summed E-state index contributed by atoms with van der Waals surface area (Å²) in [5, 5.41) is 8.70. The molecule has 0 saturated heterocycles. The number of ether oxygens (including phenoxy) is 1. The zero-order valence-corrected chi connectivity index (χ0v) is 15.5. The summed E-state index contributed by atoms with van der Waals surface area (Å²) in [7, 11) is 0. The van der Waals surface area contributed by atoms with Gasteiger partial charge < -0.3 is 4.74 Å². The van der Waals surface area contributed by atoms with Crippen LogP contribution in [0.5, 0.6) is 5.75 Å². The summed E-state index contributed by atoms with van der Waals surface area (Å²) in [5.74, 6) is 2.54. The van der Waals surface area contributed by atoms with Crippen LogP contribution in [-0.2, 0) is 0 Å². The van der Waals surface area contributed by atoms with E-state index in [1.165, 1.54) is 11.1 Å². The number of hydrogen-bond donors (Lipinski definition) is 0. The van der Waals surface area contributed by atoms with Gasteiger partial charge in [0.15, 0.2) is 5.82 Å². The molecule has 1 aromatic heterocycles. The number of aryl methyl sites for hydroxylation is 1. The van der Waals surface area contributed by atoms with Crippen LogP contribution in [0.25, 0.3) is 28.2 Å². The molecule has 4 aromatic rings. The number of rotatable bonds is 5. The second-order valence-electron chi connectivity index (χ2n) is 6.28. The van der Waals surface area contributed by atoms with Gasteiger partial charge in [0.1, 0.15) is 11.6 Å². The molecule has 0 radical (unpaired) electrons. The molecule has 0 unspecified atom stereocenters. The predicted molar refractivity (Wildman–Crippen MR) is 108 cm³/mol. The summed E-state index contributed by atoms with van der Waals surface area (Å²) in [4.78, 5) is 0. The maximum Gasteiger partial charge on any atom is 0.168 e. The van der Waals surface area contributed by atoms with Crippen LogP contribution in [0.4, 0.5) is 0 Å². The Balaban J connectivity index is 1.69. The third-order valence-corrected chi connectivity index (χ3v) is 4.48. The lowest BCUT2D eigenvalue weighted by atomic mass is 10.0. The molecule has 3 aromatic carbocycles. The standard InChI is InChI=1S/C23H21N3O/c1-3-27-22-15-13-21(14-16-22)26-17(2)24-25-23(26)20-11-9-19(10-12-20)18-7-5-4-6-8-18/h4-16H,3H2,1-2H3. The smallest absolute Gasteiger partial charge is 0.168 e. The average Bonchev–Trinajstić information content (AvgIpc) is 3.11. The first-order valence-electron chi connectivity index (χ1n) is 9.07. The molecule has 0 N–H and O–H groups in total. The van der Waals surface area contributed by atoms with Crippen LogP contribution < -0.4 is 4.74 Å². The number of aromatic nitrogens is 3. The highest BCUT2D eigenvalue weighted by atomic mass is 16.5. The Kier molecular flexibility index (Phi) is 4.71.